The molecule has 2 heterocycles. The number of phenols is 1. The lowest BCUT2D eigenvalue weighted by Crippen LogP contribution is -2.18. The van der Waals surface area contributed by atoms with E-state index in [0.29, 0.717) is 18.3 Å². The number of nitrogens with zero attached hydrogens (tertiary/aromatic N) is 3. The largest absolute Gasteiger partial charge is 0.508 e. The second-order valence-electron chi connectivity index (χ2n) is 4.49. The van der Waals surface area contributed by atoms with Crippen LogP contribution in [0.2, 0.25) is 0 Å². The summed E-state index contributed by atoms with van der Waals surface area (Å²) >= 11 is 0. The zero-order valence-electron chi connectivity index (χ0n) is 10.0. The van der Waals surface area contributed by atoms with Crippen LogP contribution in [0, 0.1) is 0 Å². The standard InChI is InChI=1S/C13H15N3O2/c17-11-6-2-1-5-10(11)9-12-14-13(15-18-12)16-7-3-4-8-16/h1-2,5-6,17H,3-4,7-9H2. The first-order valence-corrected chi connectivity index (χ1v) is 6.17. The summed E-state index contributed by atoms with van der Waals surface area (Å²) in [5, 5.41) is 13.7. The van der Waals surface area contributed by atoms with Crippen LogP contribution < -0.4 is 4.90 Å². The second-order valence-corrected chi connectivity index (χ2v) is 4.49. The highest BCUT2D eigenvalue weighted by Crippen LogP contribution is 2.21. The van der Waals surface area contributed by atoms with Crippen molar-refractivity contribution in [3.63, 3.8) is 0 Å². The Hall–Kier alpha value is -2.04. The Kier molecular flexibility index (Phi) is 2.88. The molecule has 5 heteroatoms. The van der Waals surface area contributed by atoms with Crippen molar-refractivity contribution in [2.75, 3.05) is 18.0 Å². The van der Waals surface area contributed by atoms with Crippen molar-refractivity contribution < 1.29 is 9.63 Å². The van der Waals surface area contributed by atoms with Crippen molar-refractivity contribution in [2.45, 2.75) is 19.3 Å². The van der Waals surface area contributed by atoms with Crippen LogP contribution in [0.4, 0.5) is 5.95 Å². The lowest BCUT2D eigenvalue weighted by atomic mass is 10.1. The number of benzene rings is 1. The average Bonchev–Trinajstić information content (AvgIpc) is 3.02. The molecule has 0 saturated carbocycles. The van der Waals surface area contributed by atoms with E-state index in [1.165, 1.54) is 12.8 Å². The van der Waals surface area contributed by atoms with Crippen molar-refractivity contribution in [1.82, 2.24) is 10.1 Å². The monoisotopic (exact) mass is 245 g/mol. The van der Waals surface area contributed by atoms with Gasteiger partial charge in [0.1, 0.15) is 5.75 Å². The van der Waals surface area contributed by atoms with Crippen molar-refractivity contribution >= 4 is 5.95 Å². The van der Waals surface area contributed by atoms with Gasteiger partial charge in [-0.25, -0.2) is 0 Å². The quantitative estimate of drug-likeness (QED) is 0.895. The summed E-state index contributed by atoms with van der Waals surface area (Å²) in [5.41, 5.74) is 0.800. The molecule has 0 radical (unpaired) electrons. The van der Waals surface area contributed by atoms with Crippen LogP contribution in [0.1, 0.15) is 24.3 Å². The summed E-state index contributed by atoms with van der Waals surface area (Å²) in [7, 11) is 0. The third kappa shape index (κ3) is 2.16. The molecular weight excluding hydrogens is 230 g/mol. The van der Waals surface area contributed by atoms with Gasteiger partial charge in [0.05, 0.1) is 6.42 Å². The molecule has 5 nitrogen and oxygen atoms in total. The fraction of sp³-hybridized carbons (Fsp3) is 0.385. The van der Waals surface area contributed by atoms with Crippen molar-refractivity contribution in [2.24, 2.45) is 0 Å². The summed E-state index contributed by atoms with van der Waals surface area (Å²) < 4.78 is 5.22. The lowest BCUT2D eigenvalue weighted by molar-refractivity contribution is 0.382. The van der Waals surface area contributed by atoms with Gasteiger partial charge < -0.3 is 14.5 Å². The van der Waals surface area contributed by atoms with Gasteiger partial charge in [-0.05, 0) is 24.1 Å². The van der Waals surface area contributed by atoms with Gasteiger partial charge in [-0.3, -0.25) is 0 Å². The van der Waals surface area contributed by atoms with Crippen molar-refractivity contribution in [1.29, 1.82) is 0 Å². The molecule has 0 bridgehead atoms. The highest BCUT2D eigenvalue weighted by atomic mass is 16.5. The van der Waals surface area contributed by atoms with Crippen LogP contribution in [-0.4, -0.2) is 28.3 Å². The van der Waals surface area contributed by atoms with Crippen LogP contribution in [0.15, 0.2) is 28.8 Å². The number of hydrogen-bond acceptors (Lipinski definition) is 5. The van der Waals surface area contributed by atoms with E-state index in [2.05, 4.69) is 15.0 Å². The highest BCUT2D eigenvalue weighted by Gasteiger charge is 2.18. The molecule has 1 fully saturated rings. The fourth-order valence-electron chi connectivity index (χ4n) is 2.19. The predicted octanol–water partition coefficient (Wildman–Crippen LogP) is 1.97. The number of aromatic hydroxyl groups is 1. The number of phenolic OH excluding ortho intramolecular Hbond substituents is 1. The highest BCUT2D eigenvalue weighted by molar-refractivity contribution is 5.35. The lowest BCUT2D eigenvalue weighted by Gasteiger charge is -2.09. The SMILES string of the molecule is Oc1ccccc1Cc1nc(N2CCCC2)no1. The molecule has 94 valence electrons. The smallest absolute Gasteiger partial charge is 0.266 e. The maximum Gasteiger partial charge on any atom is 0.266 e. The van der Waals surface area contributed by atoms with Gasteiger partial charge in [-0.1, -0.05) is 18.2 Å². The zero-order valence-corrected chi connectivity index (χ0v) is 10.0. The van der Waals surface area contributed by atoms with Crippen LogP contribution in [-0.2, 0) is 6.42 Å². The van der Waals surface area contributed by atoms with Gasteiger partial charge in [0, 0.05) is 18.7 Å². The van der Waals surface area contributed by atoms with Crippen LogP contribution in [0.5, 0.6) is 5.75 Å². The maximum absolute atomic E-state index is 9.69. The molecule has 0 unspecified atom stereocenters. The summed E-state index contributed by atoms with van der Waals surface area (Å²) in [4.78, 5) is 6.49. The summed E-state index contributed by atoms with van der Waals surface area (Å²) in [6.07, 6.45) is 2.83. The Labute approximate surface area is 105 Å². The number of hydrogen-bond donors (Lipinski definition) is 1. The molecule has 1 aliphatic heterocycles. The Morgan fingerprint density at radius 2 is 2.00 bits per heavy atom. The Balaban J connectivity index is 1.75. The molecule has 0 amide bonds. The van der Waals surface area contributed by atoms with E-state index in [1.54, 1.807) is 12.1 Å². The first kappa shape index (κ1) is 11.1. The van der Waals surface area contributed by atoms with E-state index in [9.17, 15) is 5.11 Å². The zero-order chi connectivity index (χ0) is 12.4. The van der Waals surface area contributed by atoms with E-state index in [-0.39, 0.29) is 5.75 Å². The van der Waals surface area contributed by atoms with E-state index in [1.807, 2.05) is 12.1 Å². The summed E-state index contributed by atoms with van der Waals surface area (Å²) in [5.74, 6) is 1.47. The van der Waals surface area contributed by atoms with E-state index in [4.69, 9.17) is 4.52 Å². The van der Waals surface area contributed by atoms with Crippen molar-refractivity contribution in [3.05, 3.63) is 35.7 Å². The van der Waals surface area contributed by atoms with Crippen LogP contribution in [0.25, 0.3) is 0 Å². The van der Waals surface area contributed by atoms with Gasteiger partial charge in [-0.15, -0.1) is 0 Å². The number of rotatable bonds is 3. The molecule has 18 heavy (non-hydrogen) atoms. The van der Waals surface area contributed by atoms with Gasteiger partial charge >= 0.3 is 0 Å². The molecule has 0 aliphatic carbocycles. The molecule has 1 aliphatic rings. The third-order valence-electron chi connectivity index (χ3n) is 3.18. The minimum Gasteiger partial charge on any atom is -0.508 e. The molecule has 1 N–H and O–H groups in total. The molecule has 2 aromatic rings. The number of para-hydroxylation sites is 1. The molecule has 3 rings (SSSR count). The Bertz CT molecular complexity index is 533. The van der Waals surface area contributed by atoms with E-state index < -0.39 is 0 Å². The molecular formula is C13H15N3O2. The van der Waals surface area contributed by atoms with Crippen LogP contribution in [0.3, 0.4) is 0 Å². The molecule has 0 atom stereocenters. The first-order valence-electron chi connectivity index (χ1n) is 6.17. The predicted molar refractivity (Wildman–Crippen MR) is 66.7 cm³/mol. The summed E-state index contributed by atoms with van der Waals surface area (Å²) in [6, 6.07) is 7.19. The fourth-order valence-corrected chi connectivity index (χ4v) is 2.19. The molecule has 1 aromatic carbocycles. The maximum atomic E-state index is 9.69. The third-order valence-corrected chi connectivity index (χ3v) is 3.18. The minimum atomic E-state index is 0.262. The molecule has 1 aromatic heterocycles. The van der Waals surface area contributed by atoms with Gasteiger partial charge in [0.15, 0.2) is 0 Å². The minimum absolute atomic E-state index is 0.262. The van der Waals surface area contributed by atoms with Gasteiger partial charge in [-0.2, -0.15) is 4.98 Å². The summed E-state index contributed by atoms with van der Waals surface area (Å²) in [6.45, 7) is 1.99. The van der Waals surface area contributed by atoms with Gasteiger partial charge in [0.2, 0.25) is 5.89 Å². The normalized spacial score (nSPS) is 15.2. The number of aromatic nitrogens is 2. The Morgan fingerprint density at radius 3 is 2.78 bits per heavy atom. The van der Waals surface area contributed by atoms with E-state index >= 15 is 0 Å². The molecule has 1 saturated heterocycles. The second kappa shape index (κ2) is 4.68. The Morgan fingerprint density at radius 1 is 1.22 bits per heavy atom. The van der Waals surface area contributed by atoms with Crippen LogP contribution >= 0.6 is 0 Å². The molecule has 0 spiro atoms. The first-order chi connectivity index (χ1) is 8.83. The van der Waals surface area contributed by atoms with E-state index in [0.717, 1.165) is 18.7 Å². The topological polar surface area (TPSA) is 62.4 Å². The number of anilines is 1. The average molecular weight is 245 g/mol. The van der Waals surface area contributed by atoms with Crippen molar-refractivity contribution in [3.8, 4) is 5.75 Å². The van der Waals surface area contributed by atoms with Gasteiger partial charge in [0.25, 0.3) is 5.95 Å².